The van der Waals surface area contributed by atoms with Crippen molar-refractivity contribution in [2.45, 2.75) is 25.3 Å². The van der Waals surface area contributed by atoms with Crippen molar-refractivity contribution in [1.82, 2.24) is 5.32 Å². The van der Waals surface area contributed by atoms with Crippen LogP contribution in [0.4, 0.5) is 0 Å². The zero-order valence-corrected chi connectivity index (χ0v) is 6.31. The van der Waals surface area contributed by atoms with E-state index in [0.717, 1.165) is 19.4 Å². The van der Waals surface area contributed by atoms with Crippen molar-refractivity contribution in [2.75, 3.05) is 6.54 Å². The lowest BCUT2D eigenvalue weighted by molar-refractivity contribution is -0.119. The van der Waals surface area contributed by atoms with E-state index < -0.39 is 0 Å². The molecule has 56 valence electrons. The van der Waals surface area contributed by atoms with Gasteiger partial charge in [-0.2, -0.15) is 0 Å². The Balaban J connectivity index is 2.66. The van der Waals surface area contributed by atoms with Crippen LogP contribution in [0.5, 0.6) is 0 Å². The van der Waals surface area contributed by atoms with Gasteiger partial charge in [0.05, 0.1) is 5.54 Å². The second-order valence-corrected chi connectivity index (χ2v) is 2.93. The Bertz CT molecular complexity index is 157. The second kappa shape index (κ2) is 2.54. The molecule has 1 saturated heterocycles. The Morgan fingerprint density at radius 3 is 2.90 bits per heavy atom. The van der Waals surface area contributed by atoms with Crippen molar-refractivity contribution in [1.29, 1.82) is 0 Å². The smallest absolute Gasteiger partial charge is 0.174 e. The van der Waals surface area contributed by atoms with Gasteiger partial charge in [-0.15, -0.1) is 0 Å². The third-order valence-corrected chi connectivity index (χ3v) is 2.10. The van der Waals surface area contributed by atoms with Crippen LogP contribution >= 0.6 is 0 Å². The Morgan fingerprint density at radius 1 is 1.80 bits per heavy atom. The Morgan fingerprint density at radius 2 is 2.50 bits per heavy atom. The lowest BCUT2D eigenvalue weighted by Gasteiger charge is -2.19. The second-order valence-electron chi connectivity index (χ2n) is 2.93. The number of nitrogens with one attached hydrogen (secondary N) is 1. The fraction of sp³-hybridized carbons (Fsp3) is 0.625. The van der Waals surface area contributed by atoms with E-state index in [4.69, 9.17) is 0 Å². The van der Waals surface area contributed by atoms with Crippen LogP contribution in [0.15, 0.2) is 12.7 Å². The number of hydrogen-bond donors (Lipinski definition) is 1. The molecule has 10 heavy (non-hydrogen) atoms. The Labute approximate surface area is 61.3 Å². The highest BCUT2D eigenvalue weighted by atomic mass is 16.1. The molecule has 0 aromatic carbocycles. The highest BCUT2D eigenvalue weighted by molar-refractivity contribution is 5.97. The van der Waals surface area contributed by atoms with Gasteiger partial charge in [0.1, 0.15) is 0 Å². The quantitative estimate of drug-likeness (QED) is 0.575. The molecule has 1 fully saturated rings. The van der Waals surface area contributed by atoms with Gasteiger partial charge in [-0.25, -0.2) is 0 Å². The minimum atomic E-state index is -0.304. The molecule has 1 heterocycles. The third-order valence-electron chi connectivity index (χ3n) is 2.10. The monoisotopic (exact) mass is 139 g/mol. The molecule has 2 nitrogen and oxygen atoms in total. The van der Waals surface area contributed by atoms with Crippen LogP contribution in [-0.2, 0) is 4.79 Å². The lowest BCUT2D eigenvalue weighted by atomic mass is 9.95. The largest absolute Gasteiger partial charge is 0.305 e. The first-order valence-corrected chi connectivity index (χ1v) is 3.61. The summed E-state index contributed by atoms with van der Waals surface area (Å²) in [6, 6.07) is 0. The van der Waals surface area contributed by atoms with Crippen molar-refractivity contribution in [3.63, 3.8) is 0 Å². The normalized spacial score (nSPS) is 32.1. The van der Waals surface area contributed by atoms with Crippen molar-refractivity contribution in [2.24, 2.45) is 0 Å². The molecule has 1 N–H and O–H groups in total. The van der Waals surface area contributed by atoms with Gasteiger partial charge in [0, 0.05) is 0 Å². The SMILES string of the molecule is C=CC(=O)[C@@]1(C)CCCN1. The Hall–Kier alpha value is -0.630. The predicted molar refractivity (Wildman–Crippen MR) is 40.8 cm³/mol. The van der Waals surface area contributed by atoms with Gasteiger partial charge in [-0.3, -0.25) is 4.79 Å². The molecule has 0 saturated carbocycles. The van der Waals surface area contributed by atoms with E-state index in [0.29, 0.717) is 0 Å². The fourth-order valence-corrected chi connectivity index (χ4v) is 1.33. The molecule has 1 rings (SSSR count). The van der Waals surface area contributed by atoms with Gasteiger partial charge in [0.15, 0.2) is 5.78 Å². The van der Waals surface area contributed by atoms with E-state index in [-0.39, 0.29) is 11.3 Å². The summed E-state index contributed by atoms with van der Waals surface area (Å²) in [4.78, 5) is 11.2. The maximum Gasteiger partial charge on any atom is 0.174 e. The standard InChI is InChI=1S/C8H13NO/c1-3-7(10)8(2)5-4-6-9-8/h3,9H,1,4-6H2,2H3/t8-/m1/s1. The molecule has 1 atom stereocenters. The van der Waals surface area contributed by atoms with Crippen LogP contribution in [0.3, 0.4) is 0 Å². The maximum atomic E-state index is 11.2. The van der Waals surface area contributed by atoms with Crippen molar-refractivity contribution in [3.05, 3.63) is 12.7 Å². The molecule has 2 heteroatoms. The third kappa shape index (κ3) is 1.12. The summed E-state index contributed by atoms with van der Waals surface area (Å²) in [5, 5.41) is 3.16. The summed E-state index contributed by atoms with van der Waals surface area (Å²) in [6.07, 6.45) is 3.44. The zero-order chi connectivity index (χ0) is 7.61. The molecule has 1 aliphatic rings. The molecule has 0 radical (unpaired) electrons. The Kier molecular flexibility index (Phi) is 1.90. The van der Waals surface area contributed by atoms with Gasteiger partial charge in [-0.05, 0) is 32.4 Å². The minimum absolute atomic E-state index is 0.116. The molecular weight excluding hydrogens is 126 g/mol. The number of rotatable bonds is 2. The van der Waals surface area contributed by atoms with E-state index in [1.54, 1.807) is 0 Å². The van der Waals surface area contributed by atoms with Gasteiger partial charge < -0.3 is 5.32 Å². The van der Waals surface area contributed by atoms with Crippen LogP contribution in [0.25, 0.3) is 0 Å². The number of ketones is 1. The van der Waals surface area contributed by atoms with Crippen molar-refractivity contribution in [3.8, 4) is 0 Å². The van der Waals surface area contributed by atoms with E-state index in [1.807, 2.05) is 6.92 Å². The number of carbonyl (C=O) groups is 1. The molecule has 0 aromatic heterocycles. The first-order valence-electron chi connectivity index (χ1n) is 3.61. The van der Waals surface area contributed by atoms with Crippen LogP contribution < -0.4 is 5.32 Å². The zero-order valence-electron chi connectivity index (χ0n) is 6.31. The highest BCUT2D eigenvalue weighted by Gasteiger charge is 2.33. The summed E-state index contributed by atoms with van der Waals surface area (Å²) in [5.41, 5.74) is -0.304. The van der Waals surface area contributed by atoms with Gasteiger partial charge >= 0.3 is 0 Å². The summed E-state index contributed by atoms with van der Waals surface area (Å²) in [5.74, 6) is 0.116. The van der Waals surface area contributed by atoms with Gasteiger partial charge in [0.2, 0.25) is 0 Å². The molecular formula is C8H13NO. The fourth-order valence-electron chi connectivity index (χ4n) is 1.33. The lowest BCUT2D eigenvalue weighted by Crippen LogP contribution is -2.43. The number of carbonyl (C=O) groups excluding carboxylic acids is 1. The average molecular weight is 139 g/mol. The summed E-state index contributed by atoms with van der Waals surface area (Å²) in [7, 11) is 0. The first kappa shape index (κ1) is 7.48. The molecule has 0 unspecified atom stereocenters. The van der Waals surface area contributed by atoms with Crippen LogP contribution in [0, 0.1) is 0 Å². The first-order chi connectivity index (χ1) is 4.69. The van der Waals surface area contributed by atoms with Crippen molar-refractivity contribution >= 4 is 5.78 Å². The van der Waals surface area contributed by atoms with E-state index >= 15 is 0 Å². The summed E-state index contributed by atoms with van der Waals surface area (Å²) in [6.45, 7) is 6.35. The van der Waals surface area contributed by atoms with E-state index in [1.165, 1.54) is 6.08 Å². The van der Waals surface area contributed by atoms with Crippen molar-refractivity contribution < 1.29 is 4.79 Å². The molecule has 1 aliphatic heterocycles. The summed E-state index contributed by atoms with van der Waals surface area (Å²) >= 11 is 0. The van der Waals surface area contributed by atoms with Crippen LogP contribution in [0.2, 0.25) is 0 Å². The topological polar surface area (TPSA) is 29.1 Å². The van der Waals surface area contributed by atoms with E-state index in [2.05, 4.69) is 11.9 Å². The van der Waals surface area contributed by atoms with Crippen LogP contribution in [0.1, 0.15) is 19.8 Å². The molecule has 0 aliphatic carbocycles. The molecule has 0 aromatic rings. The maximum absolute atomic E-state index is 11.2. The molecule has 0 bridgehead atoms. The van der Waals surface area contributed by atoms with Crippen LogP contribution in [-0.4, -0.2) is 17.9 Å². The predicted octanol–water partition coefficient (Wildman–Crippen LogP) is 0.884. The van der Waals surface area contributed by atoms with Gasteiger partial charge in [0.25, 0.3) is 0 Å². The average Bonchev–Trinajstić information content (AvgIpc) is 2.36. The van der Waals surface area contributed by atoms with Gasteiger partial charge in [-0.1, -0.05) is 6.58 Å². The van der Waals surface area contributed by atoms with E-state index in [9.17, 15) is 4.79 Å². The molecule has 0 amide bonds. The summed E-state index contributed by atoms with van der Waals surface area (Å²) < 4.78 is 0. The highest BCUT2D eigenvalue weighted by Crippen LogP contribution is 2.19. The molecule has 0 spiro atoms. The minimum Gasteiger partial charge on any atom is -0.305 e. The number of hydrogen-bond acceptors (Lipinski definition) is 2.